The zero-order chi connectivity index (χ0) is 23.4. The smallest absolute Gasteiger partial charge is 0.261 e. The zero-order valence-corrected chi connectivity index (χ0v) is 19.1. The summed E-state index contributed by atoms with van der Waals surface area (Å²) < 4.78 is 11.2. The van der Waals surface area contributed by atoms with E-state index in [-0.39, 0.29) is 5.91 Å². The van der Waals surface area contributed by atoms with Crippen LogP contribution < -0.4 is 10.1 Å². The third-order valence-corrected chi connectivity index (χ3v) is 5.46. The summed E-state index contributed by atoms with van der Waals surface area (Å²) in [7, 11) is 0. The van der Waals surface area contributed by atoms with Crippen molar-refractivity contribution in [2.45, 2.75) is 40.3 Å². The van der Waals surface area contributed by atoms with Gasteiger partial charge in [0.2, 0.25) is 0 Å². The van der Waals surface area contributed by atoms with Crippen LogP contribution in [0.1, 0.15) is 29.3 Å². The molecule has 7 nitrogen and oxygen atoms in total. The lowest BCUT2D eigenvalue weighted by molar-refractivity contribution is -0.127. The Balaban J connectivity index is 1.39. The van der Waals surface area contributed by atoms with E-state index in [0.29, 0.717) is 18.1 Å². The van der Waals surface area contributed by atoms with Crippen molar-refractivity contribution in [2.24, 2.45) is 0 Å². The minimum Gasteiger partial charge on any atom is -0.481 e. The van der Waals surface area contributed by atoms with Gasteiger partial charge in [-0.05, 0) is 56.5 Å². The molecule has 1 N–H and O–H groups in total. The Kier molecular flexibility index (Phi) is 6.49. The van der Waals surface area contributed by atoms with E-state index < -0.39 is 6.10 Å². The maximum atomic E-state index is 12.5. The number of ether oxygens (including phenoxy) is 1. The minimum absolute atomic E-state index is 0.170. The molecule has 33 heavy (non-hydrogen) atoms. The molecule has 2 heterocycles. The van der Waals surface area contributed by atoms with Crippen molar-refractivity contribution in [3.63, 3.8) is 0 Å². The monoisotopic (exact) mass is 442 g/mol. The Morgan fingerprint density at radius 3 is 2.55 bits per heavy atom. The number of nitrogens with zero attached hydrogens (tertiary/aromatic N) is 3. The number of nitrogens with one attached hydrogen (secondary N) is 1. The highest BCUT2D eigenvalue weighted by Gasteiger charge is 2.16. The van der Waals surface area contributed by atoms with Crippen LogP contribution in [0, 0.1) is 20.8 Å². The number of benzene rings is 2. The van der Waals surface area contributed by atoms with Crippen LogP contribution in [0.5, 0.6) is 5.75 Å². The first kappa shape index (κ1) is 22.2. The van der Waals surface area contributed by atoms with Crippen molar-refractivity contribution >= 4 is 5.91 Å². The SMILES string of the molecule is Cc1cc(-c2cncnc2-c2ccc(CNC(=O)C(C)Oc3ccc(C)c(C)c3)cc2)on1. The van der Waals surface area contributed by atoms with Crippen LogP contribution in [0.15, 0.2) is 65.6 Å². The molecule has 0 aliphatic rings. The van der Waals surface area contributed by atoms with E-state index in [1.165, 1.54) is 11.9 Å². The fraction of sp³-hybridized carbons (Fsp3) is 0.231. The zero-order valence-electron chi connectivity index (χ0n) is 19.1. The molecule has 0 aliphatic heterocycles. The molecule has 0 aliphatic carbocycles. The number of amides is 1. The normalized spacial score (nSPS) is 11.8. The predicted octanol–water partition coefficient (Wildman–Crippen LogP) is 4.81. The first-order valence-corrected chi connectivity index (χ1v) is 10.8. The summed E-state index contributed by atoms with van der Waals surface area (Å²) in [5.41, 5.74) is 6.53. The van der Waals surface area contributed by atoms with Crippen LogP contribution >= 0.6 is 0 Å². The molecule has 0 bridgehead atoms. The first-order valence-electron chi connectivity index (χ1n) is 10.8. The Bertz CT molecular complexity index is 1260. The first-order chi connectivity index (χ1) is 15.9. The average molecular weight is 443 g/mol. The van der Waals surface area contributed by atoms with E-state index in [4.69, 9.17) is 9.26 Å². The van der Waals surface area contributed by atoms with Crippen LogP contribution in [-0.4, -0.2) is 27.1 Å². The van der Waals surface area contributed by atoms with Gasteiger partial charge in [-0.2, -0.15) is 0 Å². The summed E-state index contributed by atoms with van der Waals surface area (Å²) in [6.45, 7) is 8.08. The van der Waals surface area contributed by atoms with Gasteiger partial charge in [-0.15, -0.1) is 0 Å². The van der Waals surface area contributed by atoms with Crippen LogP contribution in [0.3, 0.4) is 0 Å². The molecule has 0 fully saturated rings. The van der Waals surface area contributed by atoms with Crippen molar-refractivity contribution in [1.82, 2.24) is 20.4 Å². The van der Waals surface area contributed by atoms with E-state index in [1.54, 1.807) is 13.1 Å². The molecule has 2 aromatic carbocycles. The highest BCUT2D eigenvalue weighted by atomic mass is 16.5. The molecule has 1 unspecified atom stereocenters. The van der Waals surface area contributed by atoms with Gasteiger partial charge in [-0.1, -0.05) is 35.5 Å². The van der Waals surface area contributed by atoms with Gasteiger partial charge in [-0.3, -0.25) is 4.79 Å². The van der Waals surface area contributed by atoms with Crippen molar-refractivity contribution in [1.29, 1.82) is 0 Å². The molecule has 4 rings (SSSR count). The highest BCUT2D eigenvalue weighted by Crippen LogP contribution is 2.30. The summed E-state index contributed by atoms with van der Waals surface area (Å²) in [5.74, 6) is 1.14. The summed E-state index contributed by atoms with van der Waals surface area (Å²) in [6.07, 6.45) is 2.63. The third kappa shape index (κ3) is 5.26. The summed E-state index contributed by atoms with van der Waals surface area (Å²) in [5, 5.41) is 6.88. The second-order valence-corrected chi connectivity index (χ2v) is 8.04. The van der Waals surface area contributed by atoms with Gasteiger partial charge in [0.05, 0.1) is 17.0 Å². The average Bonchev–Trinajstić information content (AvgIpc) is 3.26. The summed E-state index contributed by atoms with van der Waals surface area (Å²) >= 11 is 0. The molecular weight excluding hydrogens is 416 g/mol. The lowest BCUT2D eigenvalue weighted by Gasteiger charge is -2.16. The van der Waals surface area contributed by atoms with Gasteiger partial charge in [0, 0.05) is 24.4 Å². The lowest BCUT2D eigenvalue weighted by atomic mass is 10.0. The molecule has 0 spiro atoms. The number of carbonyl (C=O) groups excluding carboxylic acids is 1. The van der Waals surface area contributed by atoms with Crippen LogP contribution in [-0.2, 0) is 11.3 Å². The van der Waals surface area contributed by atoms with Gasteiger partial charge in [0.15, 0.2) is 11.9 Å². The van der Waals surface area contributed by atoms with Crippen molar-refractivity contribution in [2.75, 3.05) is 0 Å². The standard InChI is InChI=1S/C26H26N4O3/c1-16-5-10-22(11-17(16)2)32-19(4)26(31)28-13-20-6-8-21(9-7-20)25-23(14-27-15-29-25)24-12-18(3)30-33-24/h5-12,14-15,19H,13H2,1-4H3,(H,28,31). The van der Waals surface area contributed by atoms with Gasteiger partial charge in [0.1, 0.15) is 12.1 Å². The predicted molar refractivity (Wildman–Crippen MR) is 126 cm³/mol. The molecule has 0 saturated heterocycles. The Morgan fingerprint density at radius 1 is 1.06 bits per heavy atom. The van der Waals surface area contributed by atoms with Crippen molar-refractivity contribution in [3.8, 4) is 28.3 Å². The molecule has 4 aromatic rings. The lowest BCUT2D eigenvalue weighted by Crippen LogP contribution is -2.35. The molecule has 7 heteroatoms. The van der Waals surface area contributed by atoms with Crippen molar-refractivity contribution < 1.29 is 14.1 Å². The maximum Gasteiger partial charge on any atom is 0.261 e. The Labute approximate surface area is 192 Å². The largest absolute Gasteiger partial charge is 0.481 e. The number of aromatic nitrogens is 3. The van der Waals surface area contributed by atoms with Gasteiger partial charge >= 0.3 is 0 Å². The van der Waals surface area contributed by atoms with E-state index >= 15 is 0 Å². The van der Waals surface area contributed by atoms with Crippen LogP contribution in [0.2, 0.25) is 0 Å². The second-order valence-electron chi connectivity index (χ2n) is 8.04. The van der Waals surface area contributed by atoms with Crippen LogP contribution in [0.25, 0.3) is 22.6 Å². The molecule has 2 aromatic heterocycles. The molecule has 168 valence electrons. The van der Waals surface area contributed by atoms with Gasteiger partial charge in [0.25, 0.3) is 5.91 Å². The Morgan fingerprint density at radius 2 is 1.85 bits per heavy atom. The van der Waals surface area contributed by atoms with Gasteiger partial charge < -0.3 is 14.6 Å². The highest BCUT2D eigenvalue weighted by molar-refractivity contribution is 5.81. The topological polar surface area (TPSA) is 90.1 Å². The fourth-order valence-corrected chi connectivity index (χ4v) is 3.39. The van der Waals surface area contributed by atoms with E-state index in [0.717, 1.165) is 33.6 Å². The summed E-state index contributed by atoms with van der Waals surface area (Å²) in [4.78, 5) is 21.0. The quantitative estimate of drug-likeness (QED) is 0.442. The van der Waals surface area contributed by atoms with Gasteiger partial charge in [-0.25, -0.2) is 9.97 Å². The second kappa shape index (κ2) is 9.65. The summed E-state index contributed by atoms with van der Waals surface area (Å²) in [6, 6.07) is 15.5. The number of hydrogen-bond donors (Lipinski definition) is 1. The van der Waals surface area contributed by atoms with Crippen molar-refractivity contribution in [3.05, 3.63) is 83.4 Å². The Hall–Kier alpha value is -4.00. The molecule has 1 atom stereocenters. The fourth-order valence-electron chi connectivity index (χ4n) is 3.39. The number of aryl methyl sites for hydroxylation is 3. The third-order valence-electron chi connectivity index (χ3n) is 5.46. The molecule has 0 saturated carbocycles. The van der Waals surface area contributed by atoms with E-state index in [2.05, 4.69) is 20.4 Å². The molecule has 0 radical (unpaired) electrons. The van der Waals surface area contributed by atoms with E-state index in [9.17, 15) is 4.79 Å². The maximum absolute atomic E-state index is 12.5. The van der Waals surface area contributed by atoms with Crippen LogP contribution in [0.4, 0.5) is 0 Å². The number of hydrogen-bond acceptors (Lipinski definition) is 6. The molecule has 1 amide bonds. The molecular formula is C26H26N4O3. The number of rotatable bonds is 7. The van der Waals surface area contributed by atoms with E-state index in [1.807, 2.05) is 69.3 Å². The number of carbonyl (C=O) groups is 1. The minimum atomic E-state index is -0.597.